The number of carboxylic acid groups (broad SMARTS) is 1. The molecule has 1 N–H and O–H groups in total. The first-order chi connectivity index (χ1) is 9.72. The van der Waals surface area contributed by atoms with Gasteiger partial charge in [0.1, 0.15) is 0 Å². The molecule has 0 spiro atoms. The average molecular weight is 271 g/mol. The highest BCUT2D eigenvalue weighted by molar-refractivity contribution is 5.67. The van der Waals surface area contributed by atoms with Crippen molar-refractivity contribution in [3.63, 3.8) is 0 Å². The SMILES string of the molecule is O=C(O)CCc1ncc(-c2ccc3c(c2)CCCC3)o1. The van der Waals surface area contributed by atoms with Gasteiger partial charge in [-0.3, -0.25) is 4.79 Å². The monoisotopic (exact) mass is 271 g/mol. The molecule has 4 heteroatoms. The zero-order valence-corrected chi connectivity index (χ0v) is 11.3. The van der Waals surface area contributed by atoms with Crippen molar-refractivity contribution >= 4 is 5.97 Å². The molecule has 0 bridgehead atoms. The van der Waals surface area contributed by atoms with Gasteiger partial charge < -0.3 is 9.52 Å². The number of nitrogens with zero attached hydrogens (tertiary/aromatic N) is 1. The Bertz CT molecular complexity index is 630. The number of hydrogen-bond acceptors (Lipinski definition) is 3. The van der Waals surface area contributed by atoms with E-state index in [4.69, 9.17) is 9.52 Å². The van der Waals surface area contributed by atoms with Crippen LogP contribution in [0.2, 0.25) is 0 Å². The summed E-state index contributed by atoms with van der Waals surface area (Å²) in [5, 5.41) is 8.66. The van der Waals surface area contributed by atoms with Gasteiger partial charge in [-0.25, -0.2) is 4.98 Å². The highest BCUT2D eigenvalue weighted by Crippen LogP contribution is 2.28. The molecular formula is C16H17NO3. The molecule has 3 rings (SSSR count). The molecule has 1 aliphatic carbocycles. The quantitative estimate of drug-likeness (QED) is 0.927. The van der Waals surface area contributed by atoms with E-state index < -0.39 is 5.97 Å². The highest BCUT2D eigenvalue weighted by Gasteiger charge is 2.13. The molecule has 4 nitrogen and oxygen atoms in total. The van der Waals surface area contributed by atoms with Gasteiger partial charge >= 0.3 is 5.97 Å². The van der Waals surface area contributed by atoms with Crippen LogP contribution in [-0.4, -0.2) is 16.1 Å². The van der Waals surface area contributed by atoms with E-state index >= 15 is 0 Å². The number of oxazole rings is 1. The summed E-state index contributed by atoms with van der Waals surface area (Å²) < 4.78 is 5.64. The normalized spacial score (nSPS) is 14.0. The number of rotatable bonds is 4. The number of fused-ring (bicyclic) bond motifs is 1. The highest BCUT2D eigenvalue weighted by atomic mass is 16.4. The number of carbonyl (C=O) groups is 1. The van der Waals surface area contributed by atoms with Gasteiger partial charge in [0, 0.05) is 12.0 Å². The molecule has 0 amide bonds. The standard InChI is InChI=1S/C16H17NO3/c18-16(19)8-7-15-17-10-14(20-15)13-6-5-11-3-1-2-4-12(11)9-13/h5-6,9-10H,1-4,7-8H2,(H,18,19). The fraction of sp³-hybridized carbons (Fsp3) is 0.375. The lowest BCUT2D eigenvalue weighted by Crippen LogP contribution is -2.02. The van der Waals surface area contributed by atoms with Crippen molar-refractivity contribution in [1.29, 1.82) is 0 Å². The van der Waals surface area contributed by atoms with Crippen molar-refractivity contribution in [2.75, 3.05) is 0 Å². The molecule has 1 aromatic heterocycles. The summed E-state index contributed by atoms with van der Waals surface area (Å²) in [4.78, 5) is 14.7. The molecule has 0 atom stereocenters. The lowest BCUT2D eigenvalue weighted by Gasteiger charge is -2.15. The van der Waals surface area contributed by atoms with Crippen molar-refractivity contribution in [2.45, 2.75) is 38.5 Å². The van der Waals surface area contributed by atoms with Gasteiger partial charge in [0.05, 0.1) is 12.6 Å². The molecule has 1 aliphatic rings. The molecule has 1 heterocycles. The predicted molar refractivity (Wildman–Crippen MR) is 74.5 cm³/mol. The third-order valence-electron chi connectivity index (χ3n) is 3.74. The molecule has 0 radical (unpaired) electrons. The molecule has 20 heavy (non-hydrogen) atoms. The number of benzene rings is 1. The molecule has 0 fully saturated rings. The van der Waals surface area contributed by atoms with Gasteiger partial charge in [-0.15, -0.1) is 0 Å². The summed E-state index contributed by atoms with van der Waals surface area (Å²) in [6, 6.07) is 6.41. The Kier molecular flexibility index (Phi) is 3.54. The van der Waals surface area contributed by atoms with Crippen LogP contribution in [0.5, 0.6) is 0 Å². The summed E-state index contributed by atoms with van der Waals surface area (Å²) in [5.41, 5.74) is 3.86. The number of carboxylic acids is 1. The molecule has 0 saturated heterocycles. The van der Waals surface area contributed by atoms with Crippen LogP contribution >= 0.6 is 0 Å². The van der Waals surface area contributed by atoms with Crippen LogP contribution in [0.15, 0.2) is 28.8 Å². The average Bonchev–Trinajstić information content (AvgIpc) is 2.93. The fourth-order valence-corrected chi connectivity index (χ4v) is 2.66. The van der Waals surface area contributed by atoms with E-state index in [9.17, 15) is 4.79 Å². The first-order valence-corrected chi connectivity index (χ1v) is 7.01. The first-order valence-electron chi connectivity index (χ1n) is 7.01. The van der Waals surface area contributed by atoms with Crippen LogP contribution in [0.4, 0.5) is 0 Å². The van der Waals surface area contributed by atoms with Gasteiger partial charge in [-0.2, -0.15) is 0 Å². The third kappa shape index (κ3) is 2.74. The van der Waals surface area contributed by atoms with E-state index in [1.807, 2.05) is 0 Å². The summed E-state index contributed by atoms with van der Waals surface area (Å²) in [6.45, 7) is 0. The van der Waals surface area contributed by atoms with E-state index in [2.05, 4.69) is 23.2 Å². The summed E-state index contributed by atoms with van der Waals surface area (Å²) in [7, 11) is 0. The smallest absolute Gasteiger partial charge is 0.303 e. The van der Waals surface area contributed by atoms with Crippen molar-refractivity contribution in [3.05, 3.63) is 41.4 Å². The van der Waals surface area contributed by atoms with Crippen LogP contribution in [-0.2, 0) is 24.1 Å². The summed E-state index contributed by atoms with van der Waals surface area (Å²) in [5.74, 6) is 0.373. The first kappa shape index (κ1) is 12.9. The second-order valence-corrected chi connectivity index (χ2v) is 5.20. The topological polar surface area (TPSA) is 63.3 Å². The Hall–Kier alpha value is -2.10. The number of aryl methyl sites for hydroxylation is 3. The number of aliphatic carboxylic acids is 1. The van der Waals surface area contributed by atoms with E-state index in [0.29, 0.717) is 12.3 Å². The Morgan fingerprint density at radius 1 is 1.25 bits per heavy atom. The van der Waals surface area contributed by atoms with Gasteiger partial charge in [-0.05, 0) is 42.9 Å². The molecule has 0 saturated carbocycles. The van der Waals surface area contributed by atoms with Gasteiger partial charge in [0.2, 0.25) is 0 Å². The van der Waals surface area contributed by atoms with Crippen molar-refractivity contribution in [1.82, 2.24) is 4.98 Å². The maximum atomic E-state index is 10.5. The van der Waals surface area contributed by atoms with E-state index in [1.165, 1.54) is 24.0 Å². The molecule has 1 aromatic carbocycles. The molecular weight excluding hydrogens is 254 g/mol. The van der Waals surface area contributed by atoms with Gasteiger partial charge in [-0.1, -0.05) is 12.1 Å². The van der Waals surface area contributed by atoms with Crippen LogP contribution in [0.25, 0.3) is 11.3 Å². The predicted octanol–water partition coefficient (Wildman–Crippen LogP) is 3.24. The van der Waals surface area contributed by atoms with Crippen LogP contribution in [0.3, 0.4) is 0 Å². The van der Waals surface area contributed by atoms with E-state index in [-0.39, 0.29) is 6.42 Å². The second-order valence-electron chi connectivity index (χ2n) is 5.20. The second kappa shape index (κ2) is 5.49. The van der Waals surface area contributed by atoms with Gasteiger partial charge in [0.15, 0.2) is 11.7 Å². The minimum absolute atomic E-state index is 0.0458. The Morgan fingerprint density at radius 3 is 2.85 bits per heavy atom. The largest absolute Gasteiger partial charge is 0.481 e. The minimum Gasteiger partial charge on any atom is -0.481 e. The maximum absolute atomic E-state index is 10.5. The van der Waals surface area contributed by atoms with E-state index in [0.717, 1.165) is 24.2 Å². The van der Waals surface area contributed by atoms with Crippen LogP contribution in [0, 0.1) is 0 Å². The lowest BCUT2D eigenvalue weighted by atomic mass is 9.90. The fourth-order valence-electron chi connectivity index (χ4n) is 2.66. The van der Waals surface area contributed by atoms with E-state index in [1.54, 1.807) is 6.20 Å². The van der Waals surface area contributed by atoms with Crippen LogP contribution in [0.1, 0.15) is 36.3 Å². The molecule has 2 aromatic rings. The van der Waals surface area contributed by atoms with Crippen molar-refractivity contribution in [2.24, 2.45) is 0 Å². The zero-order chi connectivity index (χ0) is 13.9. The van der Waals surface area contributed by atoms with Crippen molar-refractivity contribution in [3.8, 4) is 11.3 Å². The minimum atomic E-state index is -0.835. The Balaban J connectivity index is 1.80. The zero-order valence-electron chi connectivity index (χ0n) is 11.3. The molecule has 104 valence electrons. The molecule has 0 aliphatic heterocycles. The summed E-state index contributed by atoms with van der Waals surface area (Å²) >= 11 is 0. The number of aromatic nitrogens is 1. The number of hydrogen-bond donors (Lipinski definition) is 1. The molecule has 0 unspecified atom stereocenters. The summed E-state index contributed by atoms with van der Waals surface area (Å²) in [6.07, 6.45) is 6.87. The van der Waals surface area contributed by atoms with Gasteiger partial charge in [0.25, 0.3) is 0 Å². The Labute approximate surface area is 117 Å². The maximum Gasteiger partial charge on any atom is 0.303 e. The third-order valence-corrected chi connectivity index (χ3v) is 3.74. The van der Waals surface area contributed by atoms with Crippen molar-refractivity contribution < 1.29 is 14.3 Å². The lowest BCUT2D eigenvalue weighted by molar-refractivity contribution is -0.137. The Morgan fingerprint density at radius 2 is 2.05 bits per heavy atom. The van der Waals surface area contributed by atoms with Crippen LogP contribution < -0.4 is 0 Å².